The van der Waals surface area contributed by atoms with E-state index in [0.717, 1.165) is 0 Å². The third-order valence-corrected chi connectivity index (χ3v) is 3.38. The van der Waals surface area contributed by atoms with E-state index in [1.54, 1.807) is 20.8 Å². The Morgan fingerprint density at radius 1 is 1.32 bits per heavy atom. The summed E-state index contributed by atoms with van der Waals surface area (Å²) in [5, 5.41) is 9.24. The number of ether oxygens (including phenoxy) is 1. The van der Waals surface area contributed by atoms with Crippen LogP contribution in [0.25, 0.3) is 0 Å². The van der Waals surface area contributed by atoms with Gasteiger partial charge in [-0.2, -0.15) is 0 Å². The lowest BCUT2D eigenvalue weighted by Gasteiger charge is -2.30. The van der Waals surface area contributed by atoms with Crippen molar-refractivity contribution in [1.29, 1.82) is 0 Å². The number of rotatable bonds is 7. The number of carbonyl (C=O) groups excluding carboxylic acids is 2. The fraction of sp³-hybridized carbons (Fsp3) is 0.769. The normalized spacial score (nSPS) is 13.8. The van der Waals surface area contributed by atoms with E-state index in [0.29, 0.717) is 0 Å². The minimum absolute atomic E-state index is 0.143. The molecule has 0 aliphatic carbocycles. The summed E-state index contributed by atoms with van der Waals surface area (Å²) in [6.45, 7) is 6.82. The first-order valence-corrected chi connectivity index (χ1v) is 6.28. The largest absolute Gasteiger partial charge is 0.481 e. The monoisotopic (exact) mass is 273 g/mol. The number of hydrogen-bond donors (Lipinski definition) is 1. The molecule has 6 nitrogen and oxygen atoms in total. The molecule has 0 aromatic heterocycles. The van der Waals surface area contributed by atoms with Crippen molar-refractivity contribution in [1.82, 2.24) is 4.90 Å². The van der Waals surface area contributed by atoms with Crippen molar-refractivity contribution in [2.24, 2.45) is 11.3 Å². The molecule has 0 spiro atoms. The molecule has 0 aliphatic heterocycles. The molecule has 1 amide bonds. The third kappa shape index (κ3) is 4.89. The van der Waals surface area contributed by atoms with Gasteiger partial charge in [-0.3, -0.25) is 14.4 Å². The number of carbonyl (C=O) groups is 3. The smallest absolute Gasteiger partial charge is 0.325 e. The maximum Gasteiger partial charge on any atom is 0.325 e. The van der Waals surface area contributed by atoms with Crippen LogP contribution >= 0.6 is 0 Å². The van der Waals surface area contributed by atoms with Crippen molar-refractivity contribution in [2.75, 3.05) is 20.2 Å². The minimum Gasteiger partial charge on any atom is -0.481 e. The zero-order valence-electron chi connectivity index (χ0n) is 12.2. The number of carboxylic acids is 1. The molecular formula is C13H23NO5. The van der Waals surface area contributed by atoms with Crippen LogP contribution in [0.15, 0.2) is 0 Å². The van der Waals surface area contributed by atoms with Crippen LogP contribution in [0.3, 0.4) is 0 Å². The van der Waals surface area contributed by atoms with Crippen molar-refractivity contribution >= 4 is 17.8 Å². The highest BCUT2D eigenvalue weighted by atomic mass is 16.5. The third-order valence-electron chi connectivity index (χ3n) is 3.38. The second-order valence-corrected chi connectivity index (χ2v) is 5.11. The molecule has 19 heavy (non-hydrogen) atoms. The van der Waals surface area contributed by atoms with Crippen LogP contribution in [-0.4, -0.2) is 48.1 Å². The predicted octanol–water partition coefficient (Wildman–Crippen LogP) is 1.14. The van der Waals surface area contributed by atoms with Gasteiger partial charge in [0, 0.05) is 13.5 Å². The summed E-state index contributed by atoms with van der Waals surface area (Å²) in [7, 11) is 1.46. The van der Waals surface area contributed by atoms with Gasteiger partial charge in [0.2, 0.25) is 5.91 Å². The zero-order chi connectivity index (χ0) is 15.2. The topological polar surface area (TPSA) is 83.9 Å². The zero-order valence-corrected chi connectivity index (χ0v) is 12.2. The van der Waals surface area contributed by atoms with E-state index in [1.165, 1.54) is 18.9 Å². The fourth-order valence-corrected chi connectivity index (χ4v) is 1.46. The molecule has 0 aliphatic rings. The maximum atomic E-state index is 12.0. The first kappa shape index (κ1) is 17.4. The van der Waals surface area contributed by atoms with Crippen LogP contribution in [0.2, 0.25) is 0 Å². The van der Waals surface area contributed by atoms with Gasteiger partial charge >= 0.3 is 11.9 Å². The molecule has 0 rings (SSSR count). The van der Waals surface area contributed by atoms with Gasteiger partial charge in [-0.05, 0) is 19.8 Å². The molecule has 0 saturated heterocycles. The molecule has 1 unspecified atom stereocenters. The molecule has 0 radical (unpaired) electrons. The summed E-state index contributed by atoms with van der Waals surface area (Å²) >= 11 is 0. The molecule has 0 fully saturated rings. The van der Waals surface area contributed by atoms with Crippen LogP contribution in [0, 0.1) is 11.3 Å². The Bertz CT molecular complexity index is 353. The van der Waals surface area contributed by atoms with E-state index in [9.17, 15) is 19.5 Å². The maximum absolute atomic E-state index is 12.0. The number of likely N-dealkylation sites (N-methyl/N-ethyl adjacent to an activating group) is 1. The van der Waals surface area contributed by atoms with Crippen molar-refractivity contribution in [3.63, 3.8) is 0 Å². The molecule has 0 saturated carbocycles. The first-order chi connectivity index (χ1) is 8.65. The fourth-order valence-electron chi connectivity index (χ4n) is 1.46. The lowest BCUT2D eigenvalue weighted by atomic mass is 9.76. The van der Waals surface area contributed by atoms with Crippen molar-refractivity contribution in [2.45, 2.75) is 34.1 Å². The van der Waals surface area contributed by atoms with Gasteiger partial charge in [0.05, 0.1) is 12.0 Å². The molecular weight excluding hydrogens is 250 g/mol. The minimum atomic E-state index is -1.14. The SMILES string of the molecule is CCOC(=O)CN(C)C(=O)CC(C)(C(=O)O)C(C)C. The van der Waals surface area contributed by atoms with Gasteiger partial charge in [0.1, 0.15) is 6.54 Å². The Morgan fingerprint density at radius 2 is 1.84 bits per heavy atom. The van der Waals surface area contributed by atoms with Crippen molar-refractivity contribution < 1.29 is 24.2 Å². The van der Waals surface area contributed by atoms with Crippen LogP contribution in [0.5, 0.6) is 0 Å². The molecule has 1 atom stereocenters. The number of nitrogens with zero attached hydrogens (tertiary/aromatic N) is 1. The highest BCUT2D eigenvalue weighted by molar-refractivity contribution is 5.87. The molecule has 6 heteroatoms. The highest BCUT2D eigenvalue weighted by Crippen LogP contribution is 2.31. The second-order valence-electron chi connectivity index (χ2n) is 5.11. The molecule has 0 aromatic carbocycles. The van der Waals surface area contributed by atoms with E-state index in [1.807, 2.05) is 0 Å². The summed E-state index contributed by atoms with van der Waals surface area (Å²) in [5.74, 6) is -2.09. The van der Waals surface area contributed by atoms with Gasteiger partial charge in [0.15, 0.2) is 0 Å². The van der Waals surface area contributed by atoms with Crippen molar-refractivity contribution in [3.05, 3.63) is 0 Å². The Labute approximate surface area is 113 Å². The molecule has 0 heterocycles. The summed E-state index contributed by atoms with van der Waals surface area (Å²) in [5.41, 5.74) is -1.14. The number of hydrogen-bond acceptors (Lipinski definition) is 4. The van der Waals surface area contributed by atoms with Crippen molar-refractivity contribution in [3.8, 4) is 0 Å². The van der Waals surface area contributed by atoms with Crippen LogP contribution < -0.4 is 0 Å². The lowest BCUT2D eigenvalue weighted by molar-refractivity contribution is -0.156. The second kappa shape index (κ2) is 7.11. The van der Waals surface area contributed by atoms with E-state index >= 15 is 0 Å². The number of carboxylic acid groups (broad SMARTS) is 1. The Kier molecular flexibility index (Phi) is 6.52. The molecule has 0 aromatic rings. The summed E-state index contributed by atoms with van der Waals surface area (Å²) < 4.78 is 4.74. The summed E-state index contributed by atoms with van der Waals surface area (Å²) in [6, 6.07) is 0. The molecule has 1 N–H and O–H groups in total. The highest BCUT2D eigenvalue weighted by Gasteiger charge is 2.39. The quantitative estimate of drug-likeness (QED) is 0.703. The lowest BCUT2D eigenvalue weighted by Crippen LogP contribution is -2.41. The Hall–Kier alpha value is -1.59. The molecule has 0 bridgehead atoms. The van der Waals surface area contributed by atoms with E-state index in [2.05, 4.69) is 0 Å². The van der Waals surface area contributed by atoms with Gasteiger partial charge < -0.3 is 14.7 Å². The number of aliphatic carboxylic acids is 1. The average Bonchev–Trinajstić information content (AvgIpc) is 2.28. The van der Waals surface area contributed by atoms with Gasteiger partial charge in [-0.15, -0.1) is 0 Å². The van der Waals surface area contributed by atoms with Crippen LogP contribution in [-0.2, 0) is 19.1 Å². The summed E-state index contributed by atoms with van der Waals surface area (Å²) in [4.78, 5) is 35.7. The van der Waals surface area contributed by atoms with Gasteiger partial charge in [-0.1, -0.05) is 13.8 Å². The van der Waals surface area contributed by atoms with E-state index in [-0.39, 0.29) is 31.4 Å². The standard InChI is InChI=1S/C13H23NO5/c1-6-19-11(16)8-14(5)10(15)7-13(4,9(2)3)12(17)18/h9H,6-8H2,1-5H3,(H,17,18). The van der Waals surface area contributed by atoms with Gasteiger partial charge in [0.25, 0.3) is 0 Å². The van der Waals surface area contributed by atoms with Gasteiger partial charge in [-0.25, -0.2) is 0 Å². The Balaban J connectivity index is 4.66. The van der Waals surface area contributed by atoms with Crippen LogP contribution in [0.1, 0.15) is 34.1 Å². The molecule has 110 valence electrons. The van der Waals surface area contributed by atoms with E-state index in [4.69, 9.17) is 4.74 Å². The first-order valence-electron chi connectivity index (χ1n) is 6.28. The number of amides is 1. The average molecular weight is 273 g/mol. The Morgan fingerprint density at radius 3 is 2.21 bits per heavy atom. The number of esters is 1. The van der Waals surface area contributed by atoms with Crippen LogP contribution in [0.4, 0.5) is 0 Å². The van der Waals surface area contributed by atoms with E-state index < -0.39 is 17.4 Å². The summed E-state index contributed by atoms with van der Waals surface area (Å²) in [6.07, 6.45) is -0.143. The predicted molar refractivity (Wildman–Crippen MR) is 69.5 cm³/mol.